The van der Waals surface area contributed by atoms with Crippen molar-refractivity contribution in [2.24, 2.45) is 0 Å². The number of ether oxygens (including phenoxy) is 1. The molecule has 0 bridgehead atoms. The van der Waals surface area contributed by atoms with E-state index in [2.05, 4.69) is 4.98 Å². The molecular weight excluding hydrogens is 380 g/mol. The monoisotopic (exact) mass is 400 g/mol. The highest BCUT2D eigenvalue weighted by Crippen LogP contribution is 2.26. The summed E-state index contributed by atoms with van der Waals surface area (Å²) in [5.74, 6) is -0.370. The molecule has 30 heavy (non-hydrogen) atoms. The topological polar surface area (TPSA) is 72.6 Å². The van der Waals surface area contributed by atoms with Crippen LogP contribution >= 0.6 is 0 Å². The molecule has 0 spiro atoms. The van der Waals surface area contributed by atoms with E-state index in [9.17, 15) is 9.59 Å². The highest BCUT2D eigenvalue weighted by molar-refractivity contribution is 6.06. The second kappa shape index (κ2) is 8.21. The fraction of sp³-hybridized carbons (Fsp3) is 0.125. The molecule has 4 rings (SSSR count). The largest absolute Gasteiger partial charge is 0.463 e. The maximum absolute atomic E-state index is 13.0. The third kappa shape index (κ3) is 3.80. The lowest BCUT2D eigenvalue weighted by Gasteiger charge is -2.21. The van der Waals surface area contributed by atoms with Crippen LogP contribution < -0.4 is 4.90 Å². The summed E-state index contributed by atoms with van der Waals surface area (Å²) in [5.41, 5.74) is 2.21. The molecule has 0 aliphatic rings. The number of nitrogens with zero attached hydrogens (tertiary/aromatic N) is 2. The van der Waals surface area contributed by atoms with Crippen LogP contribution in [0.15, 0.2) is 83.5 Å². The fourth-order valence-electron chi connectivity index (χ4n) is 3.22. The van der Waals surface area contributed by atoms with Crippen molar-refractivity contribution in [2.45, 2.75) is 13.0 Å². The van der Waals surface area contributed by atoms with Crippen molar-refractivity contribution in [1.29, 1.82) is 0 Å². The Morgan fingerprint density at radius 2 is 1.73 bits per heavy atom. The Balaban J connectivity index is 1.62. The van der Waals surface area contributed by atoms with Crippen molar-refractivity contribution in [2.75, 3.05) is 11.9 Å². The van der Waals surface area contributed by atoms with Gasteiger partial charge in [-0.15, -0.1) is 0 Å². The molecule has 1 unspecified atom stereocenters. The number of carbonyl (C=O) groups excluding carboxylic acids is 2. The molecule has 1 amide bonds. The van der Waals surface area contributed by atoms with Crippen molar-refractivity contribution in [1.82, 2.24) is 4.98 Å². The van der Waals surface area contributed by atoms with Crippen LogP contribution in [0.1, 0.15) is 17.3 Å². The summed E-state index contributed by atoms with van der Waals surface area (Å²) in [4.78, 5) is 31.8. The number of benzene rings is 2. The molecule has 2 aromatic heterocycles. The maximum Gasteiger partial charge on any atom is 0.339 e. The summed E-state index contributed by atoms with van der Waals surface area (Å²) in [6.45, 7) is 1.57. The first-order valence-electron chi connectivity index (χ1n) is 9.52. The average Bonchev–Trinajstić information content (AvgIpc) is 3.33. The first-order valence-corrected chi connectivity index (χ1v) is 9.52. The number of anilines is 1. The number of hydrogen-bond acceptors (Lipinski definition) is 5. The molecule has 2 heterocycles. The number of furan rings is 1. The standard InChI is InChI=1S/C24H20N2O4/c1-16(23(27)26(2)17-9-4-3-5-10-17)30-24(28)19-15-21(22-13-8-14-29-22)25-20-12-7-6-11-18(19)20/h3-16H,1-2H3. The maximum atomic E-state index is 13.0. The molecule has 2 aromatic carbocycles. The van der Waals surface area contributed by atoms with E-state index in [1.54, 1.807) is 44.5 Å². The number of rotatable bonds is 5. The third-order valence-corrected chi connectivity index (χ3v) is 4.82. The number of para-hydroxylation sites is 2. The van der Waals surface area contributed by atoms with Gasteiger partial charge in [-0.05, 0) is 43.3 Å². The molecule has 0 saturated carbocycles. The van der Waals surface area contributed by atoms with Crippen LogP contribution in [0, 0.1) is 0 Å². The molecule has 4 aromatic rings. The van der Waals surface area contributed by atoms with Crippen LogP contribution in [-0.4, -0.2) is 30.0 Å². The van der Waals surface area contributed by atoms with Gasteiger partial charge in [0, 0.05) is 18.1 Å². The van der Waals surface area contributed by atoms with E-state index in [0.29, 0.717) is 27.9 Å². The van der Waals surface area contributed by atoms with Gasteiger partial charge in [0.05, 0.1) is 17.3 Å². The third-order valence-electron chi connectivity index (χ3n) is 4.82. The zero-order valence-corrected chi connectivity index (χ0v) is 16.6. The lowest BCUT2D eigenvalue weighted by molar-refractivity contribution is -0.126. The minimum atomic E-state index is -0.957. The van der Waals surface area contributed by atoms with E-state index < -0.39 is 12.1 Å². The second-order valence-corrected chi connectivity index (χ2v) is 6.83. The second-order valence-electron chi connectivity index (χ2n) is 6.83. The predicted molar refractivity (Wildman–Crippen MR) is 114 cm³/mol. The van der Waals surface area contributed by atoms with Crippen LogP contribution in [0.3, 0.4) is 0 Å². The summed E-state index contributed by atoms with van der Waals surface area (Å²) >= 11 is 0. The Labute approximate surface area is 173 Å². The Kier molecular flexibility index (Phi) is 5.30. The molecule has 0 aliphatic carbocycles. The zero-order chi connectivity index (χ0) is 21.1. The van der Waals surface area contributed by atoms with Crippen molar-refractivity contribution < 1.29 is 18.7 Å². The molecule has 1 atom stereocenters. The number of likely N-dealkylation sites (N-methyl/N-ethyl adjacent to an activating group) is 1. The molecule has 6 heteroatoms. The first-order chi connectivity index (χ1) is 14.5. The Hall–Kier alpha value is -3.93. The predicted octanol–water partition coefficient (Wildman–Crippen LogP) is 4.70. The van der Waals surface area contributed by atoms with Crippen LogP contribution in [0.25, 0.3) is 22.4 Å². The molecule has 0 aliphatic heterocycles. The SMILES string of the molecule is CC(OC(=O)c1cc(-c2ccco2)nc2ccccc12)C(=O)N(C)c1ccccc1. The number of pyridine rings is 1. The molecule has 0 N–H and O–H groups in total. The van der Waals surface area contributed by atoms with Gasteiger partial charge in [0.15, 0.2) is 11.9 Å². The van der Waals surface area contributed by atoms with Gasteiger partial charge in [-0.3, -0.25) is 4.79 Å². The zero-order valence-electron chi connectivity index (χ0n) is 16.6. The van der Waals surface area contributed by atoms with Crippen molar-refractivity contribution >= 4 is 28.5 Å². The molecule has 150 valence electrons. The minimum absolute atomic E-state index is 0.320. The van der Waals surface area contributed by atoms with Gasteiger partial charge in [0.2, 0.25) is 0 Å². The van der Waals surface area contributed by atoms with Gasteiger partial charge in [-0.1, -0.05) is 36.4 Å². The van der Waals surface area contributed by atoms with E-state index in [0.717, 1.165) is 5.69 Å². The van der Waals surface area contributed by atoms with Gasteiger partial charge < -0.3 is 14.1 Å². The first kappa shape index (κ1) is 19.4. The van der Waals surface area contributed by atoms with Gasteiger partial charge in [0.25, 0.3) is 5.91 Å². The summed E-state index contributed by atoms with van der Waals surface area (Å²) in [5, 5.41) is 0.647. The Bertz CT molecular complexity index is 1190. The lowest BCUT2D eigenvalue weighted by atomic mass is 10.1. The molecule has 0 fully saturated rings. The van der Waals surface area contributed by atoms with Gasteiger partial charge >= 0.3 is 5.97 Å². The van der Waals surface area contributed by atoms with Gasteiger partial charge in [-0.25, -0.2) is 9.78 Å². The minimum Gasteiger partial charge on any atom is -0.463 e. The van der Waals surface area contributed by atoms with Crippen LogP contribution in [0.2, 0.25) is 0 Å². The summed E-state index contributed by atoms with van der Waals surface area (Å²) < 4.78 is 11.0. The Morgan fingerprint density at radius 1 is 1.00 bits per heavy atom. The smallest absolute Gasteiger partial charge is 0.339 e. The fourth-order valence-corrected chi connectivity index (χ4v) is 3.22. The summed E-state index contributed by atoms with van der Waals surface area (Å²) in [6, 6.07) is 21.6. The molecule has 6 nitrogen and oxygen atoms in total. The van der Waals surface area contributed by atoms with Crippen molar-refractivity contribution in [3.05, 3.63) is 84.6 Å². The number of amides is 1. The van der Waals surface area contributed by atoms with E-state index in [-0.39, 0.29) is 5.91 Å². The molecule has 0 radical (unpaired) electrons. The van der Waals surface area contributed by atoms with Crippen molar-refractivity contribution in [3.8, 4) is 11.5 Å². The summed E-state index contributed by atoms with van der Waals surface area (Å²) in [6.07, 6.45) is 0.589. The number of aromatic nitrogens is 1. The Morgan fingerprint density at radius 3 is 2.47 bits per heavy atom. The number of esters is 1. The quantitative estimate of drug-likeness (QED) is 0.454. The van der Waals surface area contributed by atoms with Crippen LogP contribution in [0.5, 0.6) is 0 Å². The van der Waals surface area contributed by atoms with Crippen LogP contribution in [0.4, 0.5) is 5.69 Å². The van der Waals surface area contributed by atoms with Crippen LogP contribution in [-0.2, 0) is 9.53 Å². The highest BCUT2D eigenvalue weighted by atomic mass is 16.5. The van der Waals surface area contributed by atoms with Gasteiger partial charge in [-0.2, -0.15) is 0 Å². The van der Waals surface area contributed by atoms with Gasteiger partial charge in [0.1, 0.15) is 5.69 Å². The summed E-state index contributed by atoms with van der Waals surface area (Å²) in [7, 11) is 1.65. The highest BCUT2D eigenvalue weighted by Gasteiger charge is 2.24. The number of hydrogen-bond donors (Lipinski definition) is 0. The lowest BCUT2D eigenvalue weighted by Crippen LogP contribution is -2.37. The average molecular weight is 400 g/mol. The van der Waals surface area contributed by atoms with E-state index in [4.69, 9.17) is 9.15 Å². The van der Waals surface area contributed by atoms with E-state index >= 15 is 0 Å². The number of carbonyl (C=O) groups is 2. The van der Waals surface area contributed by atoms with E-state index in [1.165, 1.54) is 4.90 Å². The van der Waals surface area contributed by atoms with E-state index in [1.807, 2.05) is 48.5 Å². The van der Waals surface area contributed by atoms with Crippen molar-refractivity contribution in [3.63, 3.8) is 0 Å². The normalized spacial score (nSPS) is 11.8. The molecule has 0 saturated heterocycles. The number of fused-ring (bicyclic) bond motifs is 1. The molecular formula is C24H20N2O4.